The summed E-state index contributed by atoms with van der Waals surface area (Å²) >= 11 is 0. The van der Waals surface area contributed by atoms with Gasteiger partial charge in [0.1, 0.15) is 5.75 Å². The summed E-state index contributed by atoms with van der Waals surface area (Å²) in [6, 6.07) is 7.27. The van der Waals surface area contributed by atoms with Gasteiger partial charge in [0.2, 0.25) is 11.8 Å². The van der Waals surface area contributed by atoms with E-state index in [1.807, 2.05) is 29.2 Å². The fraction of sp³-hybridized carbons (Fsp3) is 0.609. The number of likely N-dealkylation sites (tertiary alicyclic amines) is 1. The number of carbonyl (C=O) groups is 3. The van der Waals surface area contributed by atoms with E-state index in [1.54, 1.807) is 7.11 Å². The Kier molecular flexibility index (Phi) is 9.64. The Bertz CT molecular complexity index is 721. The molecule has 1 aromatic rings. The summed E-state index contributed by atoms with van der Waals surface area (Å²) in [5, 5.41) is 3.00. The second-order valence-electron chi connectivity index (χ2n) is 7.60. The van der Waals surface area contributed by atoms with E-state index in [-0.39, 0.29) is 29.7 Å². The van der Waals surface area contributed by atoms with Crippen LogP contribution in [0.5, 0.6) is 5.75 Å². The van der Waals surface area contributed by atoms with Crippen molar-refractivity contribution in [3.63, 3.8) is 0 Å². The first-order valence-electron chi connectivity index (χ1n) is 10.8. The molecule has 0 spiro atoms. The number of nitrogens with zero attached hydrogens (tertiary/aromatic N) is 1. The third-order valence-electron chi connectivity index (χ3n) is 5.59. The Hall–Kier alpha value is -2.57. The molecule has 1 saturated heterocycles. The smallest absolute Gasteiger partial charge is 0.305 e. The lowest BCUT2D eigenvalue weighted by atomic mass is 9.83. The molecule has 1 aliphatic rings. The number of rotatable bonds is 11. The molecule has 1 heterocycles. The Morgan fingerprint density at radius 1 is 1.17 bits per heavy atom. The van der Waals surface area contributed by atoms with Crippen LogP contribution < -0.4 is 10.1 Å². The first kappa shape index (κ1) is 23.7. The highest BCUT2D eigenvalue weighted by molar-refractivity contribution is 5.85. The van der Waals surface area contributed by atoms with Crippen LogP contribution in [0.4, 0.5) is 0 Å². The Morgan fingerprint density at radius 2 is 1.93 bits per heavy atom. The molecule has 166 valence electrons. The number of amides is 2. The average molecular weight is 419 g/mol. The van der Waals surface area contributed by atoms with Gasteiger partial charge in [-0.2, -0.15) is 0 Å². The molecule has 2 unspecified atom stereocenters. The van der Waals surface area contributed by atoms with Crippen molar-refractivity contribution < 1.29 is 23.9 Å². The fourth-order valence-corrected chi connectivity index (χ4v) is 3.95. The zero-order chi connectivity index (χ0) is 21.9. The number of benzene rings is 1. The highest BCUT2D eigenvalue weighted by Crippen LogP contribution is 2.40. The van der Waals surface area contributed by atoms with Gasteiger partial charge in [-0.1, -0.05) is 31.5 Å². The summed E-state index contributed by atoms with van der Waals surface area (Å²) in [5.41, 5.74) is 0.870. The second kappa shape index (κ2) is 12.2. The van der Waals surface area contributed by atoms with Gasteiger partial charge in [-0.05, 0) is 31.7 Å². The summed E-state index contributed by atoms with van der Waals surface area (Å²) in [4.78, 5) is 38.9. The molecular formula is C23H34N2O5. The molecular weight excluding hydrogens is 384 g/mol. The van der Waals surface area contributed by atoms with Crippen LogP contribution in [0.3, 0.4) is 0 Å². The molecule has 0 bridgehead atoms. The third-order valence-corrected chi connectivity index (χ3v) is 5.59. The summed E-state index contributed by atoms with van der Waals surface area (Å²) in [6.45, 7) is 3.21. The molecule has 1 N–H and O–H groups in total. The molecule has 30 heavy (non-hydrogen) atoms. The Morgan fingerprint density at radius 3 is 2.63 bits per heavy atom. The number of ether oxygens (including phenoxy) is 2. The van der Waals surface area contributed by atoms with Crippen molar-refractivity contribution in [3.8, 4) is 5.75 Å². The predicted octanol–water partition coefficient (Wildman–Crippen LogP) is 3.23. The van der Waals surface area contributed by atoms with Gasteiger partial charge in [-0.3, -0.25) is 14.4 Å². The molecule has 2 atom stereocenters. The zero-order valence-corrected chi connectivity index (χ0v) is 18.3. The van der Waals surface area contributed by atoms with Gasteiger partial charge in [0.25, 0.3) is 0 Å². The van der Waals surface area contributed by atoms with E-state index in [4.69, 9.17) is 4.74 Å². The van der Waals surface area contributed by atoms with Gasteiger partial charge in [0.05, 0.1) is 26.2 Å². The SMILES string of the molecule is CCCCN1C(=O)CCC(C(=O)NCCCCC(=O)OC)C1c1ccccc1OC. The van der Waals surface area contributed by atoms with Crippen molar-refractivity contribution in [2.45, 2.75) is 57.9 Å². The lowest BCUT2D eigenvalue weighted by Crippen LogP contribution is -2.48. The van der Waals surface area contributed by atoms with Crippen molar-refractivity contribution in [1.29, 1.82) is 0 Å². The molecule has 7 heteroatoms. The van der Waals surface area contributed by atoms with Crippen molar-refractivity contribution in [2.24, 2.45) is 5.92 Å². The van der Waals surface area contributed by atoms with Crippen molar-refractivity contribution in [1.82, 2.24) is 10.2 Å². The number of hydrogen-bond acceptors (Lipinski definition) is 5. The highest BCUT2D eigenvalue weighted by atomic mass is 16.5. The van der Waals surface area contributed by atoms with Crippen LogP contribution in [0, 0.1) is 5.92 Å². The van der Waals surface area contributed by atoms with E-state index in [0.29, 0.717) is 50.9 Å². The number of piperidine rings is 1. The van der Waals surface area contributed by atoms with Crippen LogP contribution in [-0.2, 0) is 19.1 Å². The summed E-state index contributed by atoms with van der Waals surface area (Å²) in [6.07, 6.45) is 4.45. The number of hydrogen-bond donors (Lipinski definition) is 1. The molecule has 0 aromatic heterocycles. The maximum absolute atomic E-state index is 13.1. The Labute approximate surface area is 179 Å². The molecule has 0 saturated carbocycles. The largest absolute Gasteiger partial charge is 0.496 e. The standard InChI is InChI=1S/C23H34N2O5/c1-4-5-16-25-20(26)14-13-18(22(25)17-10-6-7-11-19(17)29-2)23(28)24-15-9-8-12-21(27)30-3/h6-7,10-11,18,22H,4-5,8-9,12-16H2,1-3H3,(H,24,28). The van der Waals surface area contributed by atoms with Gasteiger partial charge in [0.15, 0.2) is 0 Å². The van der Waals surface area contributed by atoms with E-state index < -0.39 is 0 Å². The minimum absolute atomic E-state index is 0.0574. The molecule has 0 aliphatic carbocycles. The number of esters is 1. The molecule has 1 aliphatic heterocycles. The first-order chi connectivity index (χ1) is 14.5. The number of methoxy groups -OCH3 is 2. The van der Waals surface area contributed by atoms with Crippen molar-refractivity contribution in [3.05, 3.63) is 29.8 Å². The molecule has 7 nitrogen and oxygen atoms in total. The molecule has 1 aromatic carbocycles. The van der Waals surface area contributed by atoms with Crippen LogP contribution in [-0.4, -0.2) is 50.0 Å². The van der Waals surface area contributed by atoms with E-state index in [9.17, 15) is 14.4 Å². The molecule has 2 rings (SSSR count). The van der Waals surface area contributed by atoms with Crippen molar-refractivity contribution in [2.75, 3.05) is 27.3 Å². The van der Waals surface area contributed by atoms with E-state index in [0.717, 1.165) is 18.4 Å². The maximum Gasteiger partial charge on any atom is 0.305 e. The number of carbonyl (C=O) groups excluding carboxylic acids is 3. The Balaban J connectivity index is 2.15. The van der Waals surface area contributed by atoms with Gasteiger partial charge >= 0.3 is 5.97 Å². The lowest BCUT2D eigenvalue weighted by molar-refractivity contribution is -0.143. The van der Waals surface area contributed by atoms with E-state index in [1.165, 1.54) is 7.11 Å². The molecule has 2 amide bonds. The van der Waals surface area contributed by atoms with E-state index in [2.05, 4.69) is 17.0 Å². The quantitative estimate of drug-likeness (QED) is 0.440. The fourth-order valence-electron chi connectivity index (χ4n) is 3.95. The molecule has 1 fully saturated rings. The predicted molar refractivity (Wildman–Crippen MR) is 114 cm³/mol. The highest BCUT2D eigenvalue weighted by Gasteiger charge is 2.41. The van der Waals surface area contributed by atoms with Gasteiger partial charge < -0.3 is 19.7 Å². The van der Waals surface area contributed by atoms with Gasteiger partial charge in [0, 0.05) is 31.5 Å². The minimum atomic E-state index is -0.344. The third kappa shape index (κ3) is 6.21. The van der Waals surface area contributed by atoms with Gasteiger partial charge in [-0.25, -0.2) is 0 Å². The topological polar surface area (TPSA) is 84.9 Å². The maximum atomic E-state index is 13.1. The summed E-state index contributed by atoms with van der Waals surface area (Å²) in [7, 11) is 2.98. The first-order valence-corrected chi connectivity index (χ1v) is 10.8. The molecule has 0 radical (unpaired) electrons. The van der Waals surface area contributed by atoms with Crippen LogP contribution in [0.25, 0.3) is 0 Å². The lowest BCUT2D eigenvalue weighted by Gasteiger charge is -2.41. The monoisotopic (exact) mass is 418 g/mol. The summed E-state index contributed by atoms with van der Waals surface area (Å²) < 4.78 is 10.2. The minimum Gasteiger partial charge on any atom is -0.496 e. The number of nitrogens with one attached hydrogen (secondary N) is 1. The number of unbranched alkanes of at least 4 members (excludes halogenated alkanes) is 2. The van der Waals surface area contributed by atoms with E-state index >= 15 is 0 Å². The van der Waals surface area contributed by atoms with Crippen LogP contribution in [0.1, 0.15) is 63.5 Å². The van der Waals surface area contributed by atoms with Gasteiger partial charge in [-0.15, -0.1) is 0 Å². The second-order valence-corrected chi connectivity index (χ2v) is 7.60. The zero-order valence-electron chi connectivity index (χ0n) is 18.3. The normalized spacial score (nSPS) is 18.8. The average Bonchev–Trinajstić information content (AvgIpc) is 2.77. The number of para-hydroxylation sites is 1. The summed E-state index contributed by atoms with van der Waals surface area (Å²) in [5.74, 6) is 0.139. The van der Waals surface area contributed by atoms with Crippen LogP contribution >= 0.6 is 0 Å². The van der Waals surface area contributed by atoms with Crippen molar-refractivity contribution >= 4 is 17.8 Å². The van der Waals surface area contributed by atoms with Crippen LogP contribution in [0.2, 0.25) is 0 Å². The van der Waals surface area contributed by atoms with Crippen LogP contribution in [0.15, 0.2) is 24.3 Å².